The Bertz CT molecular complexity index is 331. The van der Waals surface area contributed by atoms with Gasteiger partial charge in [-0.15, -0.1) is 0 Å². The Labute approximate surface area is 77.8 Å². The van der Waals surface area contributed by atoms with Crippen molar-refractivity contribution in [2.24, 2.45) is 0 Å². The van der Waals surface area contributed by atoms with E-state index in [1.165, 1.54) is 16.7 Å². The molecule has 0 aliphatic carbocycles. The second-order valence-electron chi connectivity index (χ2n) is 3.17. The Morgan fingerprint density at radius 1 is 1.42 bits per heavy atom. The van der Waals surface area contributed by atoms with E-state index in [-0.39, 0.29) is 0 Å². The maximum absolute atomic E-state index is 5.21. The van der Waals surface area contributed by atoms with Gasteiger partial charge in [-0.05, 0) is 25.0 Å². The molecule has 2 rings (SSSR count). The van der Waals surface area contributed by atoms with Gasteiger partial charge < -0.3 is 5.32 Å². The zero-order valence-corrected chi connectivity index (χ0v) is 7.87. The molecule has 0 spiro atoms. The van der Waals surface area contributed by atoms with Crippen LogP contribution < -0.4 is 5.32 Å². The van der Waals surface area contributed by atoms with Gasteiger partial charge in [-0.25, -0.2) is 0 Å². The van der Waals surface area contributed by atoms with Crippen LogP contribution in [0.1, 0.15) is 16.7 Å². The third-order valence-electron chi connectivity index (χ3n) is 2.19. The SMILES string of the molecule is Cc1ccc2c(c1)C(=S)NCC2. The third-order valence-corrected chi connectivity index (χ3v) is 2.55. The molecular formula is C10H11NS. The van der Waals surface area contributed by atoms with Crippen molar-refractivity contribution in [2.45, 2.75) is 13.3 Å². The molecule has 1 aromatic rings. The molecule has 1 heterocycles. The highest BCUT2D eigenvalue weighted by Crippen LogP contribution is 2.15. The van der Waals surface area contributed by atoms with Crippen molar-refractivity contribution in [3.05, 3.63) is 34.9 Å². The summed E-state index contributed by atoms with van der Waals surface area (Å²) in [5.41, 5.74) is 3.88. The van der Waals surface area contributed by atoms with Gasteiger partial charge in [-0.3, -0.25) is 0 Å². The fraction of sp³-hybridized carbons (Fsp3) is 0.300. The largest absolute Gasteiger partial charge is 0.375 e. The monoisotopic (exact) mass is 177 g/mol. The van der Waals surface area contributed by atoms with Gasteiger partial charge >= 0.3 is 0 Å². The maximum atomic E-state index is 5.21. The van der Waals surface area contributed by atoms with Gasteiger partial charge in [0.15, 0.2) is 0 Å². The van der Waals surface area contributed by atoms with Crippen LogP contribution in [0.2, 0.25) is 0 Å². The quantitative estimate of drug-likeness (QED) is 0.607. The van der Waals surface area contributed by atoms with Crippen molar-refractivity contribution >= 4 is 17.2 Å². The number of benzene rings is 1. The fourth-order valence-corrected chi connectivity index (χ4v) is 1.82. The predicted octanol–water partition coefficient (Wildman–Crippen LogP) is 1.82. The standard InChI is InChI=1S/C10H11NS/c1-7-2-3-8-4-5-11-10(12)9(8)6-7/h2-3,6H,4-5H2,1H3,(H,11,12). The lowest BCUT2D eigenvalue weighted by Crippen LogP contribution is -2.30. The summed E-state index contributed by atoms with van der Waals surface area (Å²) in [5.74, 6) is 0. The minimum absolute atomic E-state index is 0.903. The smallest absolute Gasteiger partial charge is 0.106 e. The molecule has 1 aromatic carbocycles. The topological polar surface area (TPSA) is 12.0 Å². The molecule has 1 aliphatic rings. The Kier molecular flexibility index (Phi) is 1.85. The van der Waals surface area contributed by atoms with Crippen LogP contribution in [-0.4, -0.2) is 11.5 Å². The average molecular weight is 177 g/mol. The summed E-state index contributed by atoms with van der Waals surface area (Å²) >= 11 is 5.21. The lowest BCUT2D eigenvalue weighted by Gasteiger charge is -2.18. The molecule has 0 saturated carbocycles. The third kappa shape index (κ3) is 1.23. The molecule has 1 N–H and O–H groups in total. The van der Waals surface area contributed by atoms with Crippen LogP contribution in [0.5, 0.6) is 0 Å². The number of rotatable bonds is 0. The van der Waals surface area contributed by atoms with E-state index < -0.39 is 0 Å². The van der Waals surface area contributed by atoms with Crippen LogP contribution in [-0.2, 0) is 6.42 Å². The van der Waals surface area contributed by atoms with Gasteiger partial charge in [0.2, 0.25) is 0 Å². The highest BCUT2D eigenvalue weighted by molar-refractivity contribution is 7.80. The van der Waals surface area contributed by atoms with E-state index in [0.29, 0.717) is 0 Å². The number of hydrogen-bond donors (Lipinski definition) is 1. The molecule has 0 aromatic heterocycles. The van der Waals surface area contributed by atoms with Crippen LogP contribution >= 0.6 is 12.2 Å². The van der Waals surface area contributed by atoms with Crippen molar-refractivity contribution in [3.63, 3.8) is 0 Å². The number of hydrogen-bond acceptors (Lipinski definition) is 1. The predicted molar refractivity (Wildman–Crippen MR) is 54.6 cm³/mol. The van der Waals surface area contributed by atoms with Gasteiger partial charge in [0.05, 0.1) is 0 Å². The fourth-order valence-electron chi connectivity index (χ4n) is 1.53. The van der Waals surface area contributed by atoms with Crippen molar-refractivity contribution in [1.82, 2.24) is 5.32 Å². The number of aryl methyl sites for hydroxylation is 1. The second kappa shape index (κ2) is 2.87. The summed E-state index contributed by atoms with van der Waals surface area (Å²) < 4.78 is 0. The van der Waals surface area contributed by atoms with Crippen molar-refractivity contribution in [1.29, 1.82) is 0 Å². The number of nitrogens with one attached hydrogen (secondary N) is 1. The van der Waals surface area contributed by atoms with E-state index in [1.807, 2.05) is 0 Å². The van der Waals surface area contributed by atoms with Gasteiger partial charge in [0.1, 0.15) is 4.99 Å². The lowest BCUT2D eigenvalue weighted by molar-refractivity contribution is 0.847. The summed E-state index contributed by atoms with van der Waals surface area (Å²) in [6.45, 7) is 3.08. The molecule has 0 fully saturated rings. The summed E-state index contributed by atoms with van der Waals surface area (Å²) in [6.07, 6.45) is 1.09. The first kappa shape index (κ1) is 7.74. The second-order valence-corrected chi connectivity index (χ2v) is 3.57. The Hall–Kier alpha value is -0.890. The normalized spacial score (nSPS) is 15.2. The molecule has 12 heavy (non-hydrogen) atoms. The molecular weight excluding hydrogens is 166 g/mol. The van der Waals surface area contributed by atoms with Crippen LogP contribution in [0.25, 0.3) is 0 Å². The highest BCUT2D eigenvalue weighted by atomic mass is 32.1. The summed E-state index contributed by atoms with van der Waals surface area (Å²) in [4.78, 5) is 0.903. The zero-order chi connectivity index (χ0) is 8.55. The molecule has 0 bridgehead atoms. The molecule has 1 nitrogen and oxygen atoms in total. The summed E-state index contributed by atoms with van der Waals surface area (Å²) in [6, 6.07) is 6.48. The summed E-state index contributed by atoms with van der Waals surface area (Å²) in [7, 11) is 0. The van der Waals surface area contributed by atoms with Gasteiger partial charge in [0, 0.05) is 12.1 Å². The van der Waals surface area contributed by atoms with Crippen LogP contribution in [0.4, 0.5) is 0 Å². The van der Waals surface area contributed by atoms with E-state index in [0.717, 1.165) is 18.0 Å². The Morgan fingerprint density at radius 2 is 2.25 bits per heavy atom. The van der Waals surface area contributed by atoms with E-state index >= 15 is 0 Å². The average Bonchev–Trinajstić information content (AvgIpc) is 2.07. The van der Waals surface area contributed by atoms with Crippen molar-refractivity contribution in [2.75, 3.05) is 6.54 Å². The molecule has 0 unspecified atom stereocenters. The van der Waals surface area contributed by atoms with Crippen LogP contribution in [0.3, 0.4) is 0 Å². The van der Waals surface area contributed by atoms with E-state index in [1.54, 1.807) is 0 Å². The minimum Gasteiger partial charge on any atom is -0.375 e. The molecule has 2 heteroatoms. The number of thiocarbonyl (C=S) groups is 1. The van der Waals surface area contributed by atoms with Crippen molar-refractivity contribution < 1.29 is 0 Å². The Morgan fingerprint density at radius 3 is 3.08 bits per heavy atom. The van der Waals surface area contributed by atoms with Gasteiger partial charge in [-0.2, -0.15) is 0 Å². The minimum atomic E-state index is 0.903. The molecule has 0 atom stereocenters. The Balaban J connectivity index is 2.54. The van der Waals surface area contributed by atoms with Gasteiger partial charge in [0.25, 0.3) is 0 Å². The number of fused-ring (bicyclic) bond motifs is 1. The molecule has 1 aliphatic heterocycles. The summed E-state index contributed by atoms with van der Waals surface area (Å²) in [5, 5.41) is 3.20. The van der Waals surface area contributed by atoms with E-state index in [9.17, 15) is 0 Å². The van der Waals surface area contributed by atoms with Crippen LogP contribution in [0, 0.1) is 6.92 Å². The molecule has 0 radical (unpaired) electrons. The van der Waals surface area contributed by atoms with Gasteiger partial charge in [-0.1, -0.05) is 29.9 Å². The first-order chi connectivity index (χ1) is 5.77. The highest BCUT2D eigenvalue weighted by Gasteiger charge is 2.12. The molecule has 0 saturated heterocycles. The van der Waals surface area contributed by atoms with E-state index in [4.69, 9.17) is 12.2 Å². The maximum Gasteiger partial charge on any atom is 0.106 e. The van der Waals surface area contributed by atoms with Crippen LogP contribution in [0.15, 0.2) is 18.2 Å². The first-order valence-corrected chi connectivity index (χ1v) is 4.56. The first-order valence-electron chi connectivity index (χ1n) is 4.15. The molecule has 0 amide bonds. The zero-order valence-electron chi connectivity index (χ0n) is 7.05. The van der Waals surface area contributed by atoms with E-state index in [2.05, 4.69) is 30.4 Å². The van der Waals surface area contributed by atoms with Crippen molar-refractivity contribution in [3.8, 4) is 0 Å². The lowest BCUT2D eigenvalue weighted by atomic mass is 9.99. The molecule has 62 valence electrons.